The average Bonchev–Trinajstić information content (AvgIpc) is 2.83. The van der Waals surface area contributed by atoms with E-state index in [1.165, 1.54) is 18.5 Å². The van der Waals surface area contributed by atoms with Crippen LogP contribution in [0.5, 0.6) is 0 Å². The second-order valence-corrected chi connectivity index (χ2v) is 8.47. The van der Waals surface area contributed by atoms with E-state index in [2.05, 4.69) is 44.8 Å². The van der Waals surface area contributed by atoms with E-state index in [0.29, 0.717) is 5.92 Å². The number of fused-ring (bicyclic) bond motifs is 1. The summed E-state index contributed by atoms with van der Waals surface area (Å²) in [5, 5.41) is 7.06. The minimum absolute atomic E-state index is 0.612. The maximum atomic E-state index is 5.47. The lowest BCUT2D eigenvalue weighted by Gasteiger charge is -2.28. The van der Waals surface area contributed by atoms with Gasteiger partial charge in [0.15, 0.2) is 5.82 Å². The Balaban J connectivity index is 1.43. The van der Waals surface area contributed by atoms with Crippen LogP contribution in [0.2, 0.25) is 0 Å². The van der Waals surface area contributed by atoms with Gasteiger partial charge < -0.3 is 20.3 Å². The van der Waals surface area contributed by atoms with Crippen LogP contribution in [0.25, 0.3) is 22.3 Å². The SMILES string of the molecule is Cc1cnc2c(NC[C@@H]3CCCNC3)nc(-c3ccc(N4CCOCC4)cc3)cc2n1. The van der Waals surface area contributed by atoms with E-state index < -0.39 is 0 Å². The summed E-state index contributed by atoms with van der Waals surface area (Å²) in [5.41, 5.74) is 5.87. The maximum Gasteiger partial charge on any atom is 0.154 e. The van der Waals surface area contributed by atoms with Crippen molar-refractivity contribution in [2.24, 2.45) is 5.92 Å². The van der Waals surface area contributed by atoms with Crippen molar-refractivity contribution < 1.29 is 4.74 Å². The fourth-order valence-corrected chi connectivity index (χ4v) is 4.39. The third kappa shape index (κ3) is 4.62. The lowest BCUT2D eigenvalue weighted by atomic mass is 10.00. The first-order valence-electron chi connectivity index (χ1n) is 11.3. The van der Waals surface area contributed by atoms with E-state index in [0.717, 1.165) is 79.7 Å². The highest BCUT2D eigenvalue weighted by Crippen LogP contribution is 2.28. The molecule has 1 aromatic carbocycles. The second kappa shape index (κ2) is 9.16. The molecule has 0 spiro atoms. The maximum absolute atomic E-state index is 5.47. The van der Waals surface area contributed by atoms with E-state index in [1.54, 1.807) is 0 Å². The van der Waals surface area contributed by atoms with Gasteiger partial charge in [-0.2, -0.15) is 0 Å². The fourth-order valence-electron chi connectivity index (χ4n) is 4.39. The van der Waals surface area contributed by atoms with Crippen LogP contribution < -0.4 is 15.5 Å². The number of hydrogen-bond acceptors (Lipinski definition) is 7. The largest absolute Gasteiger partial charge is 0.378 e. The van der Waals surface area contributed by atoms with Gasteiger partial charge in [-0.1, -0.05) is 12.1 Å². The molecule has 2 aliphatic heterocycles. The van der Waals surface area contributed by atoms with Gasteiger partial charge >= 0.3 is 0 Å². The van der Waals surface area contributed by atoms with Gasteiger partial charge in [0.05, 0.1) is 30.1 Å². The van der Waals surface area contributed by atoms with Crippen molar-refractivity contribution in [2.75, 3.05) is 56.2 Å². The summed E-state index contributed by atoms with van der Waals surface area (Å²) in [6, 6.07) is 10.7. The molecule has 0 saturated carbocycles. The molecule has 2 aliphatic rings. The molecule has 2 aromatic heterocycles. The molecular weight excluding hydrogens is 388 g/mol. The van der Waals surface area contributed by atoms with Gasteiger partial charge in [0.25, 0.3) is 0 Å². The first-order valence-corrected chi connectivity index (χ1v) is 11.3. The number of nitrogens with one attached hydrogen (secondary N) is 2. The van der Waals surface area contributed by atoms with E-state index in [9.17, 15) is 0 Å². The number of morpholine rings is 1. The van der Waals surface area contributed by atoms with Crippen molar-refractivity contribution in [3.63, 3.8) is 0 Å². The number of anilines is 2. The molecule has 162 valence electrons. The highest BCUT2D eigenvalue weighted by Gasteiger charge is 2.16. The van der Waals surface area contributed by atoms with Crippen LogP contribution in [0.15, 0.2) is 36.5 Å². The summed E-state index contributed by atoms with van der Waals surface area (Å²) >= 11 is 0. The minimum atomic E-state index is 0.612. The molecule has 5 rings (SSSR count). The first kappa shape index (κ1) is 20.2. The Morgan fingerprint density at radius 3 is 2.77 bits per heavy atom. The van der Waals surface area contributed by atoms with Crippen molar-refractivity contribution in [1.29, 1.82) is 0 Å². The molecule has 7 nitrogen and oxygen atoms in total. The van der Waals surface area contributed by atoms with Gasteiger partial charge in [-0.15, -0.1) is 0 Å². The van der Waals surface area contributed by atoms with Crippen LogP contribution >= 0.6 is 0 Å². The van der Waals surface area contributed by atoms with Crippen LogP contribution in [-0.4, -0.2) is 60.9 Å². The zero-order valence-corrected chi connectivity index (χ0v) is 18.1. The molecule has 4 heterocycles. The smallest absolute Gasteiger partial charge is 0.154 e. The average molecular weight is 419 g/mol. The Morgan fingerprint density at radius 2 is 2.00 bits per heavy atom. The molecule has 3 aromatic rings. The van der Waals surface area contributed by atoms with Crippen molar-refractivity contribution in [2.45, 2.75) is 19.8 Å². The summed E-state index contributed by atoms with van der Waals surface area (Å²) in [7, 11) is 0. The zero-order chi connectivity index (χ0) is 21.0. The highest BCUT2D eigenvalue weighted by atomic mass is 16.5. The highest BCUT2D eigenvalue weighted by molar-refractivity contribution is 5.88. The summed E-state index contributed by atoms with van der Waals surface area (Å²) in [5.74, 6) is 1.43. The topological polar surface area (TPSA) is 75.2 Å². The predicted molar refractivity (Wildman–Crippen MR) is 125 cm³/mol. The van der Waals surface area contributed by atoms with Crippen LogP contribution in [0.3, 0.4) is 0 Å². The van der Waals surface area contributed by atoms with E-state index in [1.807, 2.05) is 19.2 Å². The number of piperidine rings is 1. The summed E-state index contributed by atoms with van der Waals surface area (Å²) in [6.07, 6.45) is 4.29. The first-order chi connectivity index (χ1) is 15.3. The molecule has 7 heteroatoms. The summed E-state index contributed by atoms with van der Waals surface area (Å²) in [4.78, 5) is 16.7. The monoisotopic (exact) mass is 418 g/mol. The summed E-state index contributed by atoms with van der Waals surface area (Å²) < 4.78 is 5.47. The van der Waals surface area contributed by atoms with Crippen molar-refractivity contribution in [1.82, 2.24) is 20.3 Å². The van der Waals surface area contributed by atoms with Crippen LogP contribution in [0, 0.1) is 12.8 Å². The Bertz CT molecular complexity index is 1030. The number of benzene rings is 1. The number of nitrogens with zero attached hydrogens (tertiary/aromatic N) is 4. The molecule has 0 amide bonds. The van der Waals surface area contributed by atoms with Gasteiger partial charge in [-0.05, 0) is 57.0 Å². The molecule has 1 atom stereocenters. The van der Waals surface area contributed by atoms with Crippen molar-refractivity contribution >= 4 is 22.5 Å². The lowest BCUT2D eigenvalue weighted by molar-refractivity contribution is 0.122. The van der Waals surface area contributed by atoms with Gasteiger partial charge in [-0.25, -0.2) is 15.0 Å². The van der Waals surface area contributed by atoms with Gasteiger partial charge in [0.2, 0.25) is 0 Å². The Labute approximate surface area is 183 Å². The predicted octanol–water partition coefficient (Wildman–Crippen LogP) is 3.25. The van der Waals surface area contributed by atoms with Gasteiger partial charge in [-0.3, -0.25) is 0 Å². The quantitative estimate of drug-likeness (QED) is 0.659. The number of rotatable bonds is 5. The summed E-state index contributed by atoms with van der Waals surface area (Å²) in [6.45, 7) is 8.50. The number of aryl methyl sites for hydroxylation is 1. The molecule has 2 fully saturated rings. The van der Waals surface area contributed by atoms with Gasteiger partial charge in [0.1, 0.15) is 5.52 Å². The molecule has 0 bridgehead atoms. The van der Waals surface area contributed by atoms with Gasteiger partial charge in [0, 0.05) is 37.1 Å². The van der Waals surface area contributed by atoms with Crippen LogP contribution in [0.4, 0.5) is 11.5 Å². The Kier molecular flexibility index (Phi) is 5.95. The van der Waals surface area contributed by atoms with Crippen molar-refractivity contribution in [3.8, 4) is 11.3 Å². The fraction of sp³-hybridized carbons (Fsp3) is 0.458. The normalized spacial score (nSPS) is 19.5. The number of hydrogen-bond donors (Lipinski definition) is 2. The van der Waals surface area contributed by atoms with E-state index in [-0.39, 0.29) is 0 Å². The zero-order valence-electron chi connectivity index (χ0n) is 18.1. The number of aromatic nitrogens is 3. The molecule has 0 unspecified atom stereocenters. The van der Waals surface area contributed by atoms with E-state index in [4.69, 9.17) is 14.7 Å². The molecular formula is C24H30N6O. The standard InChI is InChI=1S/C24H30N6O/c1-17-14-26-23-22(28-17)13-21(29-24(23)27-16-18-3-2-8-25-15-18)19-4-6-20(7-5-19)30-9-11-31-12-10-30/h4-7,13-14,18,25H,2-3,8-12,15-16H2,1H3,(H,27,29)/t18-/m1/s1. The second-order valence-electron chi connectivity index (χ2n) is 8.47. The number of ether oxygens (including phenoxy) is 1. The Hall–Kier alpha value is -2.77. The molecule has 0 aliphatic carbocycles. The van der Waals surface area contributed by atoms with Crippen LogP contribution in [-0.2, 0) is 4.74 Å². The van der Waals surface area contributed by atoms with Crippen molar-refractivity contribution in [3.05, 3.63) is 42.2 Å². The minimum Gasteiger partial charge on any atom is -0.378 e. The number of pyridine rings is 1. The van der Waals surface area contributed by atoms with Crippen LogP contribution in [0.1, 0.15) is 18.5 Å². The third-order valence-corrected chi connectivity index (χ3v) is 6.15. The Morgan fingerprint density at radius 1 is 1.16 bits per heavy atom. The lowest BCUT2D eigenvalue weighted by Crippen LogP contribution is -2.36. The molecule has 2 N–H and O–H groups in total. The van der Waals surface area contributed by atoms with E-state index >= 15 is 0 Å². The third-order valence-electron chi connectivity index (χ3n) is 6.15. The molecule has 31 heavy (non-hydrogen) atoms. The molecule has 0 radical (unpaired) electrons. The molecule has 2 saturated heterocycles.